The van der Waals surface area contributed by atoms with Gasteiger partial charge < -0.3 is 20.1 Å². The maximum atomic E-state index is 12.0. The Kier molecular flexibility index (Phi) is 6.12. The molecule has 0 bridgehead atoms. The number of carbonyl (C=O) groups excluding carboxylic acids is 1. The average molecular weight is 334 g/mol. The molecule has 0 saturated heterocycles. The van der Waals surface area contributed by atoms with Crippen molar-refractivity contribution in [3.63, 3.8) is 0 Å². The van der Waals surface area contributed by atoms with Gasteiger partial charge in [0, 0.05) is 18.3 Å². The number of amides is 1. The van der Waals surface area contributed by atoms with Crippen LogP contribution < -0.4 is 15.4 Å². The number of halogens is 3. The number of rotatable bonds is 5. The Bertz CT molecular complexity index is 510. The van der Waals surface area contributed by atoms with Crippen molar-refractivity contribution in [2.45, 2.75) is 45.7 Å². The molecule has 1 amide bonds. The second-order valence-corrected chi connectivity index (χ2v) is 6.00. The van der Waals surface area contributed by atoms with Gasteiger partial charge >= 0.3 is 12.5 Å². The summed E-state index contributed by atoms with van der Waals surface area (Å²) in [5.74, 6) is -0.289. The lowest BCUT2D eigenvalue weighted by Gasteiger charge is -2.22. The monoisotopic (exact) mass is 334 g/mol. The van der Waals surface area contributed by atoms with E-state index in [9.17, 15) is 18.0 Å². The number of hydrogen-bond donors (Lipinski definition) is 2. The molecule has 2 N–H and O–H groups in total. The summed E-state index contributed by atoms with van der Waals surface area (Å²) in [6.07, 6.45) is -5.23. The minimum atomic E-state index is -4.71. The van der Waals surface area contributed by atoms with Gasteiger partial charge in [-0.25, -0.2) is 4.79 Å². The van der Waals surface area contributed by atoms with Crippen LogP contribution in [0.2, 0.25) is 0 Å². The van der Waals surface area contributed by atoms with Crippen LogP contribution in [0.4, 0.5) is 23.7 Å². The summed E-state index contributed by atoms with van der Waals surface area (Å²) in [6.45, 7) is 7.46. The van der Waals surface area contributed by atoms with Crippen LogP contribution in [0.3, 0.4) is 0 Å². The van der Waals surface area contributed by atoms with Crippen molar-refractivity contribution in [2.24, 2.45) is 0 Å². The molecule has 0 aliphatic heterocycles. The summed E-state index contributed by atoms with van der Waals surface area (Å²) in [7, 11) is 0. The van der Waals surface area contributed by atoms with Crippen molar-refractivity contribution in [3.8, 4) is 5.75 Å². The van der Waals surface area contributed by atoms with Crippen molar-refractivity contribution in [1.82, 2.24) is 5.32 Å². The Morgan fingerprint density at radius 1 is 1.17 bits per heavy atom. The molecule has 0 aromatic heterocycles. The highest BCUT2D eigenvalue weighted by Crippen LogP contribution is 2.23. The molecule has 0 heterocycles. The molecule has 0 saturated carbocycles. The Morgan fingerprint density at radius 2 is 1.74 bits per heavy atom. The molecule has 1 rings (SSSR count). The first-order valence-electron chi connectivity index (χ1n) is 7.04. The molecular weight excluding hydrogens is 313 g/mol. The topological polar surface area (TPSA) is 59.6 Å². The summed E-state index contributed by atoms with van der Waals surface area (Å²) in [5, 5.41) is 5.65. The zero-order valence-corrected chi connectivity index (χ0v) is 13.5. The van der Waals surface area contributed by atoms with E-state index < -0.39 is 18.1 Å². The van der Waals surface area contributed by atoms with Gasteiger partial charge in [0.1, 0.15) is 11.4 Å². The number of nitrogens with one attached hydrogen (secondary N) is 2. The average Bonchev–Trinajstić information content (AvgIpc) is 2.33. The fraction of sp³-hybridized carbons (Fsp3) is 0.533. The highest BCUT2D eigenvalue weighted by atomic mass is 19.4. The second-order valence-electron chi connectivity index (χ2n) is 6.00. The number of alkyl carbamates (subject to hydrolysis) is 1. The van der Waals surface area contributed by atoms with E-state index in [0.717, 1.165) is 0 Å². The molecular formula is C15H21F3N2O3. The van der Waals surface area contributed by atoms with Crippen LogP contribution in [0, 0.1) is 0 Å². The van der Waals surface area contributed by atoms with Crippen molar-refractivity contribution < 1.29 is 27.4 Å². The maximum absolute atomic E-state index is 12.0. The summed E-state index contributed by atoms with van der Waals surface area (Å²) >= 11 is 0. The first-order chi connectivity index (χ1) is 10.4. The van der Waals surface area contributed by atoms with Crippen LogP contribution in [0.1, 0.15) is 27.7 Å². The zero-order valence-electron chi connectivity index (χ0n) is 13.5. The normalized spacial score (nSPS) is 13.2. The maximum Gasteiger partial charge on any atom is 0.573 e. The second kappa shape index (κ2) is 7.43. The first-order valence-corrected chi connectivity index (χ1v) is 7.04. The smallest absolute Gasteiger partial charge is 0.444 e. The third kappa shape index (κ3) is 8.80. The van der Waals surface area contributed by atoms with Gasteiger partial charge in [-0.3, -0.25) is 0 Å². The fourth-order valence-electron chi connectivity index (χ4n) is 1.61. The molecule has 0 aliphatic rings. The van der Waals surface area contributed by atoms with Crippen molar-refractivity contribution in [3.05, 3.63) is 24.3 Å². The molecule has 0 fully saturated rings. The van der Waals surface area contributed by atoms with Gasteiger partial charge in [0.25, 0.3) is 0 Å². The van der Waals surface area contributed by atoms with Crippen LogP contribution in [-0.2, 0) is 4.74 Å². The van der Waals surface area contributed by atoms with E-state index >= 15 is 0 Å². The molecule has 5 nitrogen and oxygen atoms in total. The molecule has 1 aromatic rings. The first kappa shape index (κ1) is 18.9. The van der Waals surface area contributed by atoms with Crippen LogP contribution in [0.25, 0.3) is 0 Å². The summed E-state index contributed by atoms with van der Waals surface area (Å²) in [4.78, 5) is 11.6. The lowest BCUT2D eigenvalue weighted by atomic mass is 10.2. The van der Waals surface area contributed by atoms with Crippen LogP contribution in [0.5, 0.6) is 5.75 Å². The number of carbonyl (C=O) groups is 1. The van der Waals surface area contributed by atoms with E-state index in [-0.39, 0.29) is 11.8 Å². The summed E-state index contributed by atoms with van der Waals surface area (Å²) < 4.78 is 45.0. The molecule has 0 unspecified atom stereocenters. The molecule has 130 valence electrons. The molecule has 0 aliphatic carbocycles. The number of alkyl halides is 3. The van der Waals surface area contributed by atoms with Gasteiger partial charge in [0.2, 0.25) is 0 Å². The van der Waals surface area contributed by atoms with Crippen molar-refractivity contribution >= 4 is 11.8 Å². The summed E-state index contributed by atoms with van der Waals surface area (Å²) in [6, 6.07) is 5.11. The molecule has 1 aromatic carbocycles. The van der Waals surface area contributed by atoms with Gasteiger partial charge in [-0.05, 0) is 52.0 Å². The molecule has 1 atom stereocenters. The Labute approximate surface area is 133 Å². The van der Waals surface area contributed by atoms with Crippen molar-refractivity contribution in [2.75, 3.05) is 11.9 Å². The van der Waals surface area contributed by atoms with Crippen LogP contribution >= 0.6 is 0 Å². The van der Waals surface area contributed by atoms with Gasteiger partial charge in [-0.15, -0.1) is 13.2 Å². The molecule has 8 heteroatoms. The van der Waals surface area contributed by atoms with E-state index in [1.807, 2.05) is 0 Å². The molecule has 23 heavy (non-hydrogen) atoms. The van der Waals surface area contributed by atoms with Gasteiger partial charge in [0.05, 0.1) is 0 Å². The van der Waals surface area contributed by atoms with E-state index in [1.165, 1.54) is 24.3 Å². The van der Waals surface area contributed by atoms with Gasteiger partial charge in [0.15, 0.2) is 0 Å². The van der Waals surface area contributed by atoms with Crippen molar-refractivity contribution in [1.29, 1.82) is 0 Å². The zero-order chi connectivity index (χ0) is 17.7. The number of hydrogen-bond acceptors (Lipinski definition) is 4. The molecule has 0 radical (unpaired) electrons. The molecule has 0 spiro atoms. The Hall–Kier alpha value is -2.12. The standard InChI is InChI=1S/C15H21F3N2O3/c1-10(20-13(21)23-14(2,3)4)9-19-11-5-7-12(8-6-11)22-15(16,17)18/h5-8,10,19H,9H2,1-4H3,(H,20,21)/t10-/m0/s1. The third-order valence-corrected chi connectivity index (χ3v) is 2.46. The highest BCUT2D eigenvalue weighted by Gasteiger charge is 2.30. The Balaban J connectivity index is 2.41. The van der Waals surface area contributed by atoms with E-state index in [1.54, 1.807) is 27.7 Å². The Morgan fingerprint density at radius 3 is 2.22 bits per heavy atom. The minimum Gasteiger partial charge on any atom is -0.444 e. The van der Waals surface area contributed by atoms with Gasteiger partial charge in [-0.1, -0.05) is 0 Å². The SMILES string of the molecule is C[C@@H](CNc1ccc(OC(F)(F)F)cc1)NC(=O)OC(C)(C)C. The fourth-order valence-corrected chi connectivity index (χ4v) is 1.61. The minimum absolute atomic E-state index is 0.226. The number of anilines is 1. The van der Waals surface area contributed by atoms with Crippen LogP contribution in [0.15, 0.2) is 24.3 Å². The van der Waals surface area contributed by atoms with Gasteiger partial charge in [-0.2, -0.15) is 0 Å². The lowest BCUT2D eigenvalue weighted by Crippen LogP contribution is -2.40. The lowest BCUT2D eigenvalue weighted by molar-refractivity contribution is -0.274. The van der Waals surface area contributed by atoms with E-state index in [0.29, 0.717) is 12.2 Å². The quantitative estimate of drug-likeness (QED) is 0.857. The third-order valence-electron chi connectivity index (χ3n) is 2.46. The van der Waals surface area contributed by atoms with Crippen LogP contribution in [-0.4, -0.2) is 30.6 Å². The highest BCUT2D eigenvalue weighted by molar-refractivity contribution is 5.68. The van der Waals surface area contributed by atoms with E-state index in [4.69, 9.17) is 4.74 Å². The number of ether oxygens (including phenoxy) is 2. The largest absolute Gasteiger partial charge is 0.573 e. The summed E-state index contributed by atoms with van der Waals surface area (Å²) in [5.41, 5.74) is 0.0308. The number of benzene rings is 1. The predicted molar refractivity (Wildman–Crippen MR) is 80.4 cm³/mol. The predicted octanol–water partition coefficient (Wildman–Crippen LogP) is 3.91. The van der Waals surface area contributed by atoms with E-state index in [2.05, 4.69) is 15.4 Å².